The minimum absolute atomic E-state index is 0.184. The van der Waals surface area contributed by atoms with Gasteiger partial charge in [-0.3, -0.25) is 0 Å². The summed E-state index contributed by atoms with van der Waals surface area (Å²) in [5.74, 6) is -0.233. The van der Waals surface area contributed by atoms with Crippen LogP contribution in [0, 0.1) is 19.7 Å². The van der Waals surface area contributed by atoms with Crippen LogP contribution in [0.15, 0.2) is 34.8 Å². The molecule has 0 aliphatic heterocycles. The van der Waals surface area contributed by atoms with Crippen molar-refractivity contribution in [2.75, 3.05) is 0 Å². The van der Waals surface area contributed by atoms with Gasteiger partial charge in [0.2, 0.25) is 0 Å². The Morgan fingerprint density at radius 3 is 2.37 bits per heavy atom. The zero-order chi connectivity index (χ0) is 14.2. The normalized spacial score (nSPS) is 12.5. The van der Waals surface area contributed by atoms with Crippen molar-refractivity contribution in [1.82, 2.24) is 0 Å². The minimum atomic E-state index is -0.233. The van der Waals surface area contributed by atoms with E-state index in [0.29, 0.717) is 5.56 Å². The second-order valence-corrected chi connectivity index (χ2v) is 6.72. The molecule has 0 saturated carbocycles. The van der Waals surface area contributed by atoms with Gasteiger partial charge in [0.05, 0.1) is 4.83 Å². The lowest BCUT2D eigenvalue weighted by Crippen LogP contribution is -2.00. The fourth-order valence-corrected chi connectivity index (χ4v) is 3.37. The van der Waals surface area contributed by atoms with Crippen LogP contribution < -0.4 is 0 Å². The van der Waals surface area contributed by atoms with Gasteiger partial charge in [-0.05, 0) is 48.7 Å². The molecule has 0 fully saturated rings. The first kappa shape index (κ1) is 15.0. The van der Waals surface area contributed by atoms with Crippen molar-refractivity contribution in [2.45, 2.75) is 18.7 Å². The first-order valence-corrected chi connectivity index (χ1v) is 7.84. The van der Waals surface area contributed by atoms with E-state index in [1.165, 1.54) is 6.07 Å². The fraction of sp³-hybridized carbons (Fsp3) is 0.200. The third kappa shape index (κ3) is 3.21. The van der Waals surface area contributed by atoms with Crippen LogP contribution in [0.3, 0.4) is 0 Å². The zero-order valence-electron chi connectivity index (χ0n) is 10.5. The van der Waals surface area contributed by atoms with Crippen LogP contribution >= 0.6 is 43.5 Å². The number of halogens is 4. The van der Waals surface area contributed by atoms with E-state index in [4.69, 9.17) is 11.6 Å². The van der Waals surface area contributed by atoms with Crippen LogP contribution in [0.4, 0.5) is 4.39 Å². The third-order valence-corrected chi connectivity index (χ3v) is 4.94. The zero-order valence-corrected chi connectivity index (χ0v) is 14.4. The van der Waals surface area contributed by atoms with E-state index in [9.17, 15) is 4.39 Å². The van der Waals surface area contributed by atoms with Gasteiger partial charge in [-0.15, -0.1) is 0 Å². The summed E-state index contributed by atoms with van der Waals surface area (Å²) in [6.45, 7) is 3.93. The highest BCUT2D eigenvalue weighted by Gasteiger charge is 2.17. The van der Waals surface area contributed by atoms with Crippen LogP contribution in [0.2, 0.25) is 5.02 Å². The molecule has 0 radical (unpaired) electrons. The Morgan fingerprint density at radius 1 is 1.05 bits per heavy atom. The summed E-state index contributed by atoms with van der Waals surface area (Å²) in [5.41, 5.74) is 3.68. The molecule has 0 aliphatic rings. The number of hydrogen-bond donors (Lipinski definition) is 0. The summed E-state index contributed by atoms with van der Waals surface area (Å²) < 4.78 is 14.7. The van der Waals surface area contributed by atoms with Crippen molar-refractivity contribution in [3.05, 3.63) is 67.9 Å². The average Bonchev–Trinajstić information content (AvgIpc) is 2.33. The molecule has 1 atom stereocenters. The Balaban J connectivity index is 2.49. The lowest BCUT2D eigenvalue weighted by atomic mass is 9.98. The smallest absolute Gasteiger partial charge is 0.129 e. The predicted octanol–water partition coefficient (Wildman–Crippen LogP) is 6.34. The maximum Gasteiger partial charge on any atom is 0.129 e. The monoisotopic (exact) mass is 404 g/mol. The lowest BCUT2D eigenvalue weighted by Gasteiger charge is -2.16. The summed E-state index contributed by atoms with van der Waals surface area (Å²) in [7, 11) is 0. The highest BCUT2D eigenvalue weighted by atomic mass is 79.9. The maximum absolute atomic E-state index is 14.0. The van der Waals surface area contributed by atoms with E-state index in [-0.39, 0.29) is 10.6 Å². The maximum atomic E-state index is 14.0. The Hall–Kier alpha value is -0.380. The van der Waals surface area contributed by atoms with E-state index < -0.39 is 0 Å². The summed E-state index contributed by atoms with van der Waals surface area (Å²) in [5, 5.41) is 0.734. The Bertz CT molecular complexity index is 626. The van der Waals surface area contributed by atoms with E-state index in [2.05, 4.69) is 31.9 Å². The molecule has 0 aromatic heterocycles. The molecule has 0 amide bonds. The minimum Gasteiger partial charge on any atom is -0.207 e. The van der Waals surface area contributed by atoms with Crippen molar-refractivity contribution in [3.63, 3.8) is 0 Å². The van der Waals surface area contributed by atoms with Crippen LogP contribution in [0.5, 0.6) is 0 Å². The Labute approximate surface area is 134 Å². The van der Waals surface area contributed by atoms with Crippen LogP contribution in [-0.4, -0.2) is 0 Å². The van der Waals surface area contributed by atoms with Gasteiger partial charge in [-0.25, -0.2) is 4.39 Å². The van der Waals surface area contributed by atoms with Crippen molar-refractivity contribution in [1.29, 1.82) is 0 Å². The number of alkyl halides is 1. The first-order chi connectivity index (χ1) is 8.90. The molecule has 0 nitrogen and oxygen atoms in total. The van der Waals surface area contributed by atoms with E-state index in [1.807, 2.05) is 32.0 Å². The quantitative estimate of drug-likeness (QED) is 0.510. The van der Waals surface area contributed by atoms with Gasteiger partial charge in [0.1, 0.15) is 5.82 Å². The molecule has 1 unspecified atom stereocenters. The largest absolute Gasteiger partial charge is 0.207 e. The molecule has 2 aromatic carbocycles. The third-order valence-electron chi connectivity index (χ3n) is 3.06. The molecule has 19 heavy (non-hydrogen) atoms. The van der Waals surface area contributed by atoms with E-state index >= 15 is 0 Å². The molecule has 4 heteroatoms. The van der Waals surface area contributed by atoms with Crippen molar-refractivity contribution >= 4 is 43.5 Å². The Morgan fingerprint density at radius 2 is 1.74 bits per heavy atom. The predicted molar refractivity (Wildman–Crippen MR) is 85.8 cm³/mol. The molecule has 0 saturated heterocycles. The van der Waals surface area contributed by atoms with Gasteiger partial charge in [0.25, 0.3) is 0 Å². The molecule has 0 heterocycles. The van der Waals surface area contributed by atoms with Crippen molar-refractivity contribution in [2.24, 2.45) is 0 Å². The standard InChI is InChI=1S/C15H12Br2ClF/c1-8-6-13(18)9(2)5-12(8)15(17)11-4-3-10(16)7-14(11)19/h3-7,15H,1-2H3. The molecule has 2 aromatic rings. The van der Waals surface area contributed by atoms with Gasteiger partial charge in [0.15, 0.2) is 0 Å². The van der Waals surface area contributed by atoms with Gasteiger partial charge in [0, 0.05) is 15.1 Å². The van der Waals surface area contributed by atoms with Crippen LogP contribution in [-0.2, 0) is 0 Å². The molecule has 2 rings (SSSR count). The summed E-state index contributed by atoms with van der Waals surface area (Å²) in [6.07, 6.45) is 0. The highest BCUT2D eigenvalue weighted by molar-refractivity contribution is 9.10. The molecular weight excluding hydrogens is 394 g/mol. The summed E-state index contributed by atoms with van der Waals surface area (Å²) in [6, 6.07) is 9.00. The molecule has 0 bridgehead atoms. The van der Waals surface area contributed by atoms with Crippen LogP contribution in [0.25, 0.3) is 0 Å². The molecule has 0 aliphatic carbocycles. The van der Waals surface area contributed by atoms with Gasteiger partial charge in [-0.2, -0.15) is 0 Å². The number of hydrogen-bond acceptors (Lipinski definition) is 0. The van der Waals surface area contributed by atoms with Crippen LogP contribution in [0.1, 0.15) is 27.1 Å². The Kier molecular flexibility index (Phi) is 4.70. The molecule has 0 spiro atoms. The highest BCUT2D eigenvalue weighted by Crippen LogP contribution is 2.36. The van der Waals surface area contributed by atoms with Crippen molar-refractivity contribution in [3.8, 4) is 0 Å². The molecule has 100 valence electrons. The topological polar surface area (TPSA) is 0 Å². The van der Waals surface area contributed by atoms with E-state index in [0.717, 1.165) is 26.2 Å². The number of benzene rings is 2. The summed E-state index contributed by atoms with van der Waals surface area (Å²) in [4.78, 5) is -0.184. The molecular formula is C15H12Br2ClF. The first-order valence-electron chi connectivity index (χ1n) is 5.76. The SMILES string of the molecule is Cc1cc(C(Br)c2ccc(Br)cc2F)c(C)cc1Cl. The van der Waals surface area contributed by atoms with Gasteiger partial charge >= 0.3 is 0 Å². The van der Waals surface area contributed by atoms with E-state index in [1.54, 1.807) is 6.07 Å². The summed E-state index contributed by atoms with van der Waals surface area (Å²) >= 11 is 12.9. The number of rotatable bonds is 2. The van der Waals surface area contributed by atoms with Crippen molar-refractivity contribution < 1.29 is 4.39 Å². The lowest BCUT2D eigenvalue weighted by molar-refractivity contribution is 0.612. The van der Waals surface area contributed by atoms with Gasteiger partial charge in [-0.1, -0.05) is 55.6 Å². The fourth-order valence-electron chi connectivity index (χ4n) is 1.95. The second-order valence-electron chi connectivity index (χ2n) is 4.49. The second kappa shape index (κ2) is 5.94. The average molecular weight is 407 g/mol. The number of aryl methyl sites for hydroxylation is 2. The molecule has 0 N–H and O–H groups in total. The van der Waals surface area contributed by atoms with Gasteiger partial charge < -0.3 is 0 Å².